The molecule has 1 amide bonds. The quantitative estimate of drug-likeness (QED) is 0.817. The summed E-state index contributed by atoms with van der Waals surface area (Å²) in [5.41, 5.74) is 1.03. The van der Waals surface area contributed by atoms with Crippen molar-refractivity contribution in [2.75, 3.05) is 6.54 Å². The van der Waals surface area contributed by atoms with Crippen molar-refractivity contribution in [3.8, 4) is 0 Å². The Labute approximate surface area is 132 Å². The highest BCUT2D eigenvalue weighted by atomic mass is 35.5. The Morgan fingerprint density at radius 3 is 2.68 bits per heavy atom. The molecule has 0 radical (unpaired) electrons. The first-order valence-corrected chi connectivity index (χ1v) is 7.15. The molecule has 1 aliphatic heterocycles. The highest BCUT2D eigenvalue weighted by Crippen LogP contribution is 2.31. The molecule has 2 aromatic rings. The highest BCUT2D eigenvalue weighted by molar-refractivity contribution is 6.48. The van der Waals surface area contributed by atoms with Crippen molar-refractivity contribution in [3.63, 3.8) is 0 Å². The van der Waals surface area contributed by atoms with Gasteiger partial charge in [-0.2, -0.15) is 5.10 Å². The van der Waals surface area contributed by atoms with Gasteiger partial charge in [0.2, 0.25) is 11.7 Å². The molecule has 2 heterocycles. The highest BCUT2D eigenvalue weighted by Gasteiger charge is 2.36. The van der Waals surface area contributed by atoms with Crippen molar-refractivity contribution in [2.24, 2.45) is 5.10 Å². The van der Waals surface area contributed by atoms with Crippen LogP contribution in [-0.4, -0.2) is 29.0 Å². The van der Waals surface area contributed by atoms with Crippen LogP contribution in [0, 0.1) is 0 Å². The van der Waals surface area contributed by atoms with Crippen LogP contribution in [0.15, 0.2) is 52.2 Å². The molecule has 0 fully saturated rings. The van der Waals surface area contributed by atoms with Gasteiger partial charge in [-0.1, -0.05) is 29.8 Å². The summed E-state index contributed by atoms with van der Waals surface area (Å²) in [6.07, 6.45) is 1.43. The van der Waals surface area contributed by atoms with Crippen LogP contribution in [0.5, 0.6) is 0 Å². The lowest BCUT2D eigenvalue weighted by molar-refractivity contribution is -0.128. The molecule has 0 saturated heterocycles. The van der Waals surface area contributed by atoms with Crippen LogP contribution in [0.1, 0.15) is 29.0 Å². The summed E-state index contributed by atoms with van der Waals surface area (Å²) in [5, 5.41) is 6.00. The average Bonchev–Trinajstić information content (AvgIpc) is 3.17. The number of hydrazone groups is 1. The lowest BCUT2D eigenvalue weighted by Crippen LogP contribution is -2.24. The molecule has 1 aromatic heterocycles. The Morgan fingerprint density at radius 2 is 2.05 bits per heavy atom. The second-order valence-electron chi connectivity index (χ2n) is 4.97. The van der Waals surface area contributed by atoms with Crippen LogP contribution in [0.25, 0.3) is 0 Å². The molecule has 6 heteroatoms. The maximum absolute atomic E-state index is 12.6. The zero-order valence-electron chi connectivity index (χ0n) is 11.8. The fourth-order valence-corrected chi connectivity index (χ4v) is 2.71. The van der Waals surface area contributed by atoms with Crippen LogP contribution in [-0.2, 0) is 4.79 Å². The summed E-state index contributed by atoms with van der Waals surface area (Å²) in [4.78, 5) is 24.2. The van der Waals surface area contributed by atoms with E-state index in [1.165, 1.54) is 18.2 Å². The van der Waals surface area contributed by atoms with E-state index in [0.29, 0.717) is 11.6 Å². The molecule has 112 valence electrons. The van der Waals surface area contributed by atoms with E-state index in [4.69, 9.17) is 16.0 Å². The number of amides is 1. The number of halogens is 1. The molecule has 1 atom stereocenters. The van der Waals surface area contributed by atoms with E-state index >= 15 is 0 Å². The van der Waals surface area contributed by atoms with Crippen LogP contribution >= 0.6 is 11.6 Å². The number of carbonyl (C=O) groups is 2. The van der Waals surface area contributed by atoms with Crippen LogP contribution in [0.2, 0.25) is 5.02 Å². The predicted molar refractivity (Wildman–Crippen MR) is 82.1 cm³/mol. The molecule has 1 aromatic carbocycles. The van der Waals surface area contributed by atoms with Gasteiger partial charge < -0.3 is 4.42 Å². The zero-order valence-corrected chi connectivity index (χ0v) is 12.6. The van der Waals surface area contributed by atoms with Gasteiger partial charge in [0, 0.05) is 11.9 Å². The standard InChI is InChI=1S/C16H13ClN2O3/c1-10(20)19-9-12(11-5-2-3-6-13(11)17)15(18-19)16(21)14-7-4-8-22-14/h2-8,12H,9H2,1H3. The Bertz CT molecular complexity index is 753. The predicted octanol–water partition coefficient (Wildman–Crippen LogP) is 3.12. The summed E-state index contributed by atoms with van der Waals surface area (Å²) in [5.74, 6) is -0.727. The van der Waals surface area contributed by atoms with Crippen molar-refractivity contribution < 1.29 is 14.0 Å². The second kappa shape index (κ2) is 5.77. The molecule has 0 spiro atoms. The molecule has 0 bridgehead atoms. The number of carbonyl (C=O) groups excluding carboxylic acids is 2. The molecular formula is C16H13ClN2O3. The molecule has 0 saturated carbocycles. The minimum absolute atomic E-state index is 0.196. The number of Topliss-reactive ketones (excluding diaryl/α,β-unsaturated/α-hetero) is 1. The van der Waals surface area contributed by atoms with Gasteiger partial charge in [-0.05, 0) is 23.8 Å². The Kier molecular flexibility index (Phi) is 3.81. The van der Waals surface area contributed by atoms with Crippen molar-refractivity contribution in [1.82, 2.24) is 5.01 Å². The van der Waals surface area contributed by atoms with E-state index in [1.807, 2.05) is 18.2 Å². The number of ketones is 1. The van der Waals surface area contributed by atoms with E-state index in [-0.39, 0.29) is 29.1 Å². The normalized spacial score (nSPS) is 17.5. The van der Waals surface area contributed by atoms with Crippen LogP contribution in [0.4, 0.5) is 0 Å². The third kappa shape index (κ3) is 2.55. The van der Waals surface area contributed by atoms with Gasteiger partial charge in [-0.25, -0.2) is 5.01 Å². The van der Waals surface area contributed by atoms with Gasteiger partial charge in [-0.15, -0.1) is 0 Å². The third-order valence-corrected chi connectivity index (χ3v) is 3.88. The maximum Gasteiger partial charge on any atom is 0.244 e. The molecule has 3 rings (SSSR count). The lowest BCUT2D eigenvalue weighted by Gasteiger charge is -2.14. The number of hydrogen-bond acceptors (Lipinski definition) is 4. The SMILES string of the molecule is CC(=O)N1CC(c2ccccc2Cl)C(C(=O)c2ccco2)=N1. The maximum atomic E-state index is 12.6. The first kappa shape index (κ1) is 14.5. The van der Waals surface area contributed by atoms with E-state index in [1.54, 1.807) is 18.2 Å². The molecule has 0 N–H and O–H groups in total. The molecule has 0 aliphatic carbocycles. The van der Waals surface area contributed by atoms with Crippen LogP contribution < -0.4 is 0 Å². The van der Waals surface area contributed by atoms with E-state index < -0.39 is 0 Å². The van der Waals surface area contributed by atoms with Gasteiger partial charge in [0.25, 0.3) is 0 Å². The van der Waals surface area contributed by atoms with Gasteiger partial charge >= 0.3 is 0 Å². The Balaban J connectivity index is 2.02. The number of nitrogens with zero attached hydrogens (tertiary/aromatic N) is 2. The fourth-order valence-electron chi connectivity index (χ4n) is 2.44. The first-order valence-electron chi connectivity index (χ1n) is 6.77. The van der Waals surface area contributed by atoms with Crippen molar-refractivity contribution >= 4 is 29.0 Å². The second-order valence-corrected chi connectivity index (χ2v) is 5.37. The summed E-state index contributed by atoms with van der Waals surface area (Å²) in [6, 6.07) is 10.5. The number of hydrogen-bond donors (Lipinski definition) is 0. The van der Waals surface area contributed by atoms with Crippen molar-refractivity contribution in [2.45, 2.75) is 12.8 Å². The van der Waals surface area contributed by atoms with Crippen LogP contribution in [0.3, 0.4) is 0 Å². The topological polar surface area (TPSA) is 62.9 Å². The van der Waals surface area contributed by atoms with Gasteiger partial charge in [0.15, 0.2) is 5.76 Å². The lowest BCUT2D eigenvalue weighted by atomic mass is 9.91. The smallest absolute Gasteiger partial charge is 0.244 e. The minimum Gasteiger partial charge on any atom is -0.461 e. The third-order valence-electron chi connectivity index (χ3n) is 3.54. The fraction of sp³-hybridized carbons (Fsp3) is 0.188. The van der Waals surface area contributed by atoms with E-state index in [2.05, 4.69) is 5.10 Å². The molecule has 1 unspecified atom stereocenters. The van der Waals surface area contributed by atoms with Gasteiger partial charge in [0.05, 0.1) is 18.7 Å². The largest absolute Gasteiger partial charge is 0.461 e. The molecule has 1 aliphatic rings. The monoisotopic (exact) mass is 316 g/mol. The summed E-state index contributed by atoms with van der Waals surface area (Å²) >= 11 is 6.23. The van der Waals surface area contributed by atoms with Gasteiger partial charge in [-0.3, -0.25) is 9.59 Å². The number of rotatable bonds is 3. The van der Waals surface area contributed by atoms with Crippen molar-refractivity contribution in [3.05, 3.63) is 59.0 Å². The van der Waals surface area contributed by atoms with Gasteiger partial charge in [0.1, 0.15) is 5.71 Å². The average molecular weight is 317 g/mol. The summed E-state index contributed by atoms with van der Waals surface area (Å²) in [6.45, 7) is 1.70. The first-order chi connectivity index (χ1) is 10.6. The molecule has 22 heavy (non-hydrogen) atoms. The zero-order chi connectivity index (χ0) is 15.7. The Morgan fingerprint density at radius 1 is 1.27 bits per heavy atom. The summed E-state index contributed by atoms with van der Waals surface area (Å²) < 4.78 is 5.15. The molecule has 5 nitrogen and oxygen atoms in total. The van der Waals surface area contributed by atoms with E-state index in [9.17, 15) is 9.59 Å². The van der Waals surface area contributed by atoms with Crippen molar-refractivity contribution in [1.29, 1.82) is 0 Å². The number of furan rings is 1. The Hall–Kier alpha value is -2.40. The van der Waals surface area contributed by atoms with E-state index in [0.717, 1.165) is 5.56 Å². The summed E-state index contributed by atoms with van der Waals surface area (Å²) in [7, 11) is 0. The molecular weight excluding hydrogens is 304 g/mol. The number of benzene rings is 1. The minimum atomic E-state index is -0.366.